The monoisotopic (exact) mass is 333 g/mol. The molecule has 0 saturated heterocycles. The SMILES string of the molecule is CCOc1ccc(C(=O)Nc2cc(C(=O)OC)ccc2Cl)cc1. The summed E-state index contributed by atoms with van der Waals surface area (Å²) in [7, 11) is 1.29. The summed E-state index contributed by atoms with van der Waals surface area (Å²) in [5, 5.41) is 3.01. The highest BCUT2D eigenvalue weighted by Gasteiger charge is 2.12. The van der Waals surface area contributed by atoms with Crippen LogP contribution < -0.4 is 10.1 Å². The lowest BCUT2D eigenvalue weighted by Gasteiger charge is -2.09. The highest BCUT2D eigenvalue weighted by atomic mass is 35.5. The van der Waals surface area contributed by atoms with Crippen molar-refractivity contribution in [1.82, 2.24) is 0 Å². The molecule has 120 valence electrons. The fourth-order valence-corrected chi connectivity index (χ4v) is 2.09. The molecule has 0 aliphatic rings. The first-order valence-electron chi connectivity index (χ1n) is 6.97. The Labute approximate surface area is 139 Å². The van der Waals surface area contributed by atoms with Crippen LogP contribution in [0.5, 0.6) is 5.75 Å². The lowest BCUT2D eigenvalue weighted by atomic mass is 10.1. The summed E-state index contributed by atoms with van der Waals surface area (Å²) < 4.78 is 9.98. The molecule has 5 nitrogen and oxygen atoms in total. The van der Waals surface area contributed by atoms with Gasteiger partial charge in [0.1, 0.15) is 5.75 Å². The second-order valence-electron chi connectivity index (χ2n) is 4.60. The van der Waals surface area contributed by atoms with E-state index in [1.165, 1.54) is 25.3 Å². The number of ether oxygens (including phenoxy) is 2. The average Bonchev–Trinajstić information content (AvgIpc) is 2.57. The van der Waals surface area contributed by atoms with Crippen LogP contribution in [0.1, 0.15) is 27.6 Å². The van der Waals surface area contributed by atoms with Crippen LogP contribution in [0.15, 0.2) is 42.5 Å². The standard InChI is InChI=1S/C17H16ClNO4/c1-3-23-13-7-4-11(5-8-13)16(20)19-15-10-12(17(21)22-2)6-9-14(15)18/h4-10H,3H2,1-2H3,(H,19,20). The largest absolute Gasteiger partial charge is 0.494 e. The van der Waals surface area contributed by atoms with Crippen LogP contribution in [0.4, 0.5) is 5.69 Å². The maximum Gasteiger partial charge on any atom is 0.337 e. The van der Waals surface area contributed by atoms with Crippen molar-refractivity contribution in [2.45, 2.75) is 6.92 Å². The molecule has 0 spiro atoms. The fourth-order valence-electron chi connectivity index (χ4n) is 1.93. The molecule has 0 atom stereocenters. The molecule has 23 heavy (non-hydrogen) atoms. The molecule has 0 bridgehead atoms. The minimum atomic E-state index is -0.502. The van der Waals surface area contributed by atoms with Gasteiger partial charge in [0, 0.05) is 5.56 Å². The molecule has 1 N–H and O–H groups in total. The van der Waals surface area contributed by atoms with Crippen molar-refractivity contribution < 1.29 is 19.1 Å². The topological polar surface area (TPSA) is 64.6 Å². The zero-order valence-electron chi connectivity index (χ0n) is 12.8. The molecule has 0 unspecified atom stereocenters. The maximum absolute atomic E-state index is 12.3. The molecule has 0 radical (unpaired) electrons. The number of nitrogens with one attached hydrogen (secondary N) is 1. The first kappa shape index (κ1) is 16.8. The molecule has 1 amide bonds. The number of anilines is 1. The number of carbonyl (C=O) groups excluding carboxylic acids is 2. The summed E-state index contributed by atoms with van der Waals surface area (Å²) in [6.45, 7) is 2.44. The number of amides is 1. The van der Waals surface area contributed by atoms with Crippen molar-refractivity contribution in [1.29, 1.82) is 0 Å². The van der Waals surface area contributed by atoms with E-state index < -0.39 is 5.97 Å². The summed E-state index contributed by atoms with van der Waals surface area (Å²) >= 11 is 6.06. The first-order chi connectivity index (χ1) is 11.0. The van der Waals surface area contributed by atoms with Gasteiger partial charge in [-0.25, -0.2) is 4.79 Å². The summed E-state index contributed by atoms with van der Waals surface area (Å²) in [6.07, 6.45) is 0. The third kappa shape index (κ3) is 4.23. The summed E-state index contributed by atoms with van der Waals surface area (Å²) in [6, 6.07) is 11.3. The molecule has 0 fully saturated rings. The van der Waals surface area contributed by atoms with Gasteiger partial charge in [-0.2, -0.15) is 0 Å². The molecule has 2 aromatic rings. The Morgan fingerprint density at radius 1 is 1.09 bits per heavy atom. The number of methoxy groups -OCH3 is 1. The van der Waals surface area contributed by atoms with E-state index in [9.17, 15) is 9.59 Å². The number of benzene rings is 2. The Bertz CT molecular complexity index is 713. The van der Waals surface area contributed by atoms with Crippen LogP contribution >= 0.6 is 11.6 Å². The third-order valence-corrected chi connectivity index (χ3v) is 3.39. The van der Waals surface area contributed by atoms with Crippen LogP contribution in [0, 0.1) is 0 Å². The van der Waals surface area contributed by atoms with Crippen LogP contribution in [0.2, 0.25) is 5.02 Å². The lowest BCUT2D eigenvalue weighted by molar-refractivity contribution is 0.0600. The molecule has 0 aliphatic heterocycles. The fraction of sp³-hybridized carbons (Fsp3) is 0.176. The van der Waals surface area contributed by atoms with Crippen molar-refractivity contribution >= 4 is 29.2 Å². The zero-order valence-corrected chi connectivity index (χ0v) is 13.5. The van der Waals surface area contributed by atoms with E-state index in [0.717, 1.165) is 0 Å². The van der Waals surface area contributed by atoms with E-state index in [1.807, 2.05) is 6.92 Å². The molecule has 0 heterocycles. The molecule has 6 heteroatoms. The zero-order chi connectivity index (χ0) is 16.8. The van der Waals surface area contributed by atoms with Crippen LogP contribution in [0.3, 0.4) is 0 Å². The van der Waals surface area contributed by atoms with E-state index >= 15 is 0 Å². The average molecular weight is 334 g/mol. The van der Waals surface area contributed by atoms with Gasteiger partial charge in [0.15, 0.2) is 0 Å². The van der Waals surface area contributed by atoms with Gasteiger partial charge in [-0.1, -0.05) is 11.6 Å². The predicted molar refractivity (Wildman–Crippen MR) is 88.4 cm³/mol. The lowest BCUT2D eigenvalue weighted by Crippen LogP contribution is -2.13. The Kier molecular flexibility index (Phi) is 5.60. The number of hydrogen-bond donors (Lipinski definition) is 1. The van der Waals surface area contributed by atoms with Gasteiger partial charge in [-0.15, -0.1) is 0 Å². The number of esters is 1. The maximum atomic E-state index is 12.3. The van der Waals surface area contributed by atoms with E-state index in [1.54, 1.807) is 24.3 Å². The Morgan fingerprint density at radius 2 is 1.74 bits per heavy atom. The van der Waals surface area contributed by atoms with Crippen molar-refractivity contribution in [3.63, 3.8) is 0 Å². The van der Waals surface area contributed by atoms with Crippen molar-refractivity contribution in [2.24, 2.45) is 0 Å². The van der Waals surface area contributed by atoms with Gasteiger partial charge < -0.3 is 14.8 Å². The summed E-state index contributed by atoms with van der Waals surface area (Å²) in [5.74, 6) is -0.148. The van der Waals surface area contributed by atoms with Gasteiger partial charge in [0.25, 0.3) is 5.91 Å². The number of rotatable bonds is 5. The highest BCUT2D eigenvalue weighted by molar-refractivity contribution is 6.34. The van der Waals surface area contributed by atoms with Crippen LogP contribution in [0.25, 0.3) is 0 Å². The van der Waals surface area contributed by atoms with Crippen LogP contribution in [-0.4, -0.2) is 25.6 Å². The summed E-state index contributed by atoms with van der Waals surface area (Å²) in [5.41, 5.74) is 1.10. The van der Waals surface area contributed by atoms with Crippen molar-refractivity contribution in [2.75, 3.05) is 19.0 Å². The normalized spacial score (nSPS) is 10.0. The minimum Gasteiger partial charge on any atom is -0.494 e. The third-order valence-electron chi connectivity index (χ3n) is 3.06. The molecule has 2 rings (SSSR count). The van der Waals surface area contributed by atoms with Gasteiger partial charge in [0.2, 0.25) is 0 Å². The Balaban J connectivity index is 2.17. The minimum absolute atomic E-state index is 0.305. The second-order valence-corrected chi connectivity index (χ2v) is 5.00. The molecule has 0 saturated carbocycles. The number of hydrogen-bond acceptors (Lipinski definition) is 4. The van der Waals surface area contributed by atoms with E-state index in [0.29, 0.717) is 34.2 Å². The molecule has 2 aromatic carbocycles. The molecular weight excluding hydrogens is 318 g/mol. The quantitative estimate of drug-likeness (QED) is 0.846. The first-order valence-corrected chi connectivity index (χ1v) is 7.35. The molecule has 0 aliphatic carbocycles. The van der Waals surface area contributed by atoms with E-state index in [-0.39, 0.29) is 5.91 Å². The molecule has 0 aromatic heterocycles. The highest BCUT2D eigenvalue weighted by Crippen LogP contribution is 2.24. The summed E-state index contributed by atoms with van der Waals surface area (Å²) in [4.78, 5) is 23.8. The Morgan fingerprint density at radius 3 is 2.35 bits per heavy atom. The van der Waals surface area contributed by atoms with Crippen LogP contribution in [-0.2, 0) is 4.74 Å². The van der Waals surface area contributed by atoms with Crippen molar-refractivity contribution in [3.05, 3.63) is 58.6 Å². The van der Waals surface area contributed by atoms with Gasteiger partial charge in [-0.3, -0.25) is 4.79 Å². The number of halogens is 1. The second kappa shape index (κ2) is 7.65. The van der Waals surface area contributed by atoms with Gasteiger partial charge in [-0.05, 0) is 49.4 Å². The van der Waals surface area contributed by atoms with E-state index in [4.69, 9.17) is 16.3 Å². The van der Waals surface area contributed by atoms with Crippen molar-refractivity contribution in [3.8, 4) is 5.75 Å². The smallest absolute Gasteiger partial charge is 0.337 e. The Hall–Kier alpha value is -2.53. The number of carbonyl (C=O) groups is 2. The van der Waals surface area contributed by atoms with E-state index in [2.05, 4.69) is 10.1 Å². The van der Waals surface area contributed by atoms with Gasteiger partial charge >= 0.3 is 5.97 Å². The predicted octanol–water partition coefficient (Wildman–Crippen LogP) is 3.78. The van der Waals surface area contributed by atoms with Gasteiger partial charge in [0.05, 0.1) is 30.0 Å². The molecular formula is C17H16ClNO4.